The van der Waals surface area contributed by atoms with Crippen molar-refractivity contribution in [2.75, 3.05) is 13.2 Å². The predicted molar refractivity (Wildman–Crippen MR) is 79.9 cm³/mol. The van der Waals surface area contributed by atoms with Gasteiger partial charge >= 0.3 is 0 Å². The molecule has 110 valence electrons. The standard InChI is InChI=1S/C16H23NO3/c1-4-9-20-15-7-5-13(6-8-15)16(19)17-11-14(18)10-12(2)3/h4-8,12,14,18H,1,9-11H2,2-3H3,(H,17,19). The van der Waals surface area contributed by atoms with Crippen molar-refractivity contribution in [1.29, 1.82) is 0 Å². The van der Waals surface area contributed by atoms with Gasteiger partial charge in [0.2, 0.25) is 0 Å². The van der Waals surface area contributed by atoms with E-state index in [4.69, 9.17) is 4.74 Å². The second-order valence-corrected chi connectivity index (χ2v) is 5.12. The van der Waals surface area contributed by atoms with Crippen LogP contribution in [0.2, 0.25) is 0 Å². The molecule has 0 fully saturated rings. The number of carbonyl (C=O) groups is 1. The minimum Gasteiger partial charge on any atom is -0.490 e. The van der Waals surface area contributed by atoms with E-state index < -0.39 is 6.10 Å². The zero-order chi connectivity index (χ0) is 15.0. The van der Waals surface area contributed by atoms with Crippen LogP contribution in [-0.2, 0) is 0 Å². The maximum atomic E-state index is 11.9. The number of aliphatic hydroxyl groups is 1. The predicted octanol–water partition coefficient (Wildman–Crippen LogP) is 2.39. The molecule has 1 atom stereocenters. The summed E-state index contributed by atoms with van der Waals surface area (Å²) in [6.07, 6.45) is 1.83. The molecule has 0 radical (unpaired) electrons. The van der Waals surface area contributed by atoms with Crippen LogP contribution in [0.5, 0.6) is 5.75 Å². The topological polar surface area (TPSA) is 58.6 Å². The highest BCUT2D eigenvalue weighted by molar-refractivity contribution is 5.94. The normalized spacial score (nSPS) is 12.0. The zero-order valence-corrected chi connectivity index (χ0v) is 12.1. The Morgan fingerprint density at radius 2 is 2.05 bits per heavy atom. The monoisotopic (exact) mass is 277 g/mol. The van der Waals surface area contributed by atoms with E-state index in [9.17, 15) is 9.90 Å². The third-order valence-corrected chi connectivity index (χ3v) is 2.73. The molecule has 1 amide bonds. The van der Waals surface area contributed by atoms with Gasteiger partial charge in [0.05, 0.1) is 6.10 Å². The summed E-state index contributed by atoms with van der Waals surface area (Å²) in [4.78, 5) is 11.9. The lowest BCUT2D eigenvalue weighted by molar-refractivity contribution is 0.0900. The first kappa shape index (κ1) is 16.2. The minimum atomic E-state index is -0.505. The largest absolute Gasteiger partial charge is 0.490 e. The molecule has 1 aromatic carbocycles. The van der Waals surface area contributed by atoms with Crippen molar-refractivity contribution in [2.45, 2.75) is 26.4 Å². The third-order valence-electron chi connectivity index (χ3n) is 2.73. The Hall–Kier alpha value is -1.81. The molecule has 20 heavy (non-hydrogen) atoms. The molecule has 0 saturated heterocycles. The number of ether oxygens (including phenoxy) is 1. The van der Waals surface area contributed by atoms with E-state index in [1.165, 1.54) is 0 Å². The second kappa shape index (κ2) is 8.38. The molecule has 0 heterocycles. The van der Waals surface area contributed by atoms with Crippen molar-refractivity contribution in [3.63, 3.8) is 0 Å². The maximum Gasteiger partial charge on any atom is 0.251 e. The molecule has 0 bridgehead atoms. The summed E-state index contributed by atoms with van der Waals surface area (Å²) in [5.41, 5.74) is 0.549. The molecule has 1 rings (SSSR count). The van der Waals surface area contributed by atoms with Crippen molar-refractivity contribution >= 4 is 5.91 Å². The number of benzene rings is 1. The molecule has 0 aliphatic heterocycles. The fraction of sp³-hybridized carbons (Fsp3) is 0.438. The Bertz CT molecular complexity index is 426. The van der Waals surface area contributed by atoms with Gasteiger partial charge in [-0.2, -0.15) is 0 Å². The van der Waals surface area contributed by atoms with E-state index in [1.54, 1.807) is 30.3 Å². The number of rotatable bonds is 8. The summed E-state index contributed by atoms with van der Waals surface area (Å²) in [6, 6.07) is 6.87. The van der Waals surface area contributed by atoms with Crippen LogP contribution >= 0.6 is 0 Å². The van der Waals surface area contributed by atoms with E-state index in [1.807, 2.05) is 13.8 Å². The van der Waals surface area contributed by atoms with Crippen LogP contribution in [0.25, 0.3) is 0 Å². The number of hydrogen-bond donors (Lipinski definition) is 2. The van der Waals surface area contributed by atoms with Gasteiger partial charge in [0, 0.05) is 12.1 Å². The smallest absolute Gasteiger partial charge is 0.251 e. The van der Waals surface area contributed by atoms with Gasteiger partial charge in [0.25, 0.3) is 5.91 Å². The molecule has 1 unspecified atom stereocenters. The molecule has 4 nitrogen and oxygen atoms in total. The van der Waals surface area contributed by atoms with Crippen LogP contribution in [0.4, 0.5) is 0 Å². The quantitative estimate of drug-likeness (QED) is 0.717. The number of carbonyl (C=O) groups excluding carboxylic acids is 1. The highest BCUT2D eigenvalue weighted by Gasteiger charge is 2.10. The highest BCUT2D eigenvalue weighted by atomic mass is 16.5. The molecule has 1 aromatic rings. The van der Waals surface area contributed by atoms with Gasteiger partial charge in [-0.3, -0.25) is 4.79 Å². The molecule has 2 N–H and O–H groups in total. The molecular formula is C16H23NO3. The fourth-order valence-electron chi connectivity index (χ4n) is 1.80. The van der Waals surface area contributed by atoms with Crippen LogP contribution in [0.1, 0.15) is 30.6 Å². The number of aliphatic hydroxyl groups excluding tert-OH is 1. The Balaban J connectivity index is 2.45. The summed E-state index contributed by atoms with van der Waals surface area (Å²) in [5.74, 6) is 0.910. The average Bonchev–Trinajstić information content (AvgIpc) is 2.42. The first-order chi connectivity index (χ1) is 9.52. The van der Waals surface area contributed by atoms with Crippen LogP contribution in [0, 0.1) is 5.92 Å². The number of nitrogens with one attached hydrogen (secondary N) is 1. The Morgan fingerprint density at radius 1 is 1.40 bits per heavy atom. The molecule has 0 aromatic heterocycles. The van der Waals surface area contributed by atoms with E-state index in [2.05, 4.69) is 11.9 Å². The average molecular weight is 277 g/mol. The minimum absolute atomic E-state index is 0.192. The van der Waals surface area contributed by atoms with E-state index in [0.717, 1.165) is 0 Å². The van der Waals surface area contributed by atoms with Gasteiger partial charge in [0.15, 0.2) is 0 Å². The summed E-state index contributed by atoms with van der Waals surface area (Å²) in [7, 11) is 0. The second-order valence-electron chi connectivity index (χ2n) is 5.12. The third kappa shape index (κ3) is 5.89. The van der Waals surface area contributed by atoms with E-state index in [0.29, 0.717) is 30.3 Å². The SMILES string of the molecule is C=CCOc1ccc(C(=O)NCC(O)CC(C)C)cc1. The van der Waals surface area contributed by atoms with Crippen LogP contribution in [-0.4, -0.2) is 30.3 Å². The summed E-state index contributed by atoms with van der Waals surface area (Å²) >= 11 is 0. The van der Waals surface area contributed by atoms with Crippen molar-refractivity contribution in [1.82, 2.24) is 5.32 Å². The first-order valence-corrected chi connectivity index (χ1v) is 6.83. The van der Waals surface area contributed by atoms with Gasteiger partial charge in [0.1, 0.15) is 12.4 Å². The maximum absolute atomic E-state index is 11.9. The van der Waals surface area contributed by atoms with Gasteiger partial charge in [-0.1, -0.05) is 26.5 Å². The van der Waals surface area contributed by atoms with Gasteiger partial charge in [-0.25, -0.2) is 0 Å². The molecular weight excluding hydrogens is 254 g/mol. The molecule has 0 spiro atoms. The van der Waals surface area contributed by atoms with Crippen molar-refractivity contribution in [2.24, 2.45) is 5.92 Å². The van der Waals surface area contributed by atoms with E-state index >= 15 is 0 Å². The van der Waals surface area contributed by atoms with E-state index in [-0.39, 0.29) is 12.5 Å². The summed E-state index contributed by atoms with van der Waals surface area (Å²) in [5, 5.41) is 12.4. The van der Waals surface area contributed by atoms with Crippen LogP contribution in [0.3, 0.4) is 0 Å². The Labute approximate surface area is 120 Å². The molecule has 0 aliphatic carbocycles. The van der Waals surface area contributed by atoms with Crippen LogP contribution < -0.4 is 10.1 Å². The van der Waals surface area contributed by atoms with Crippen molar-refractivity contribution in [3.8, 4) is 5.75 Å². The lowest BCUT2D eigenvalue weighted by atomic mass is 10.1. The van der Waals surface area contributed by atoms with Crippen molar-refractivity contribution < 1.29 is 14.6 Å². The first-order valence-electron chi connectivity index (χ1n) is 6.83. The number of amides is 1. The molecule has 0 saturated carbocycles. The lowest BCUT2D eigenvalue weighted by Gasteiger charge is -2.14. The zero-order valence-electron chi connectivity index (χ0n) is 12.1. The van der Waals surface area contributed by atoms with Crippen molar-refractivity contribution in [3.05, 3.63) is 42.5 Å². The fourth-order valence-corrected chi connectivity index (χ4v) is 1.80. The summed E-state index contributed by atoms with van der Waals surface area (Å²) < 4.78 is 5.34. The Morgan fingerprint density at radius 3 is 2.60 bits per heavy atom. The van der Waals surface area contributed by atoms with Gasteiger partial charge < -0.3 is 15.2 Å². The van der Waals surface area contributed by atoms with Gasteiger partial charge in [-0.15, -0.1) is 0 Å². The summed E-state index contributed by atoms with van der Waals surface area (Å²) in [6.45, 7) is 8.35. The lowest BCUT2D eigenvalue weighted by Crippen LogP contribution is -2.32. The highest BCUT2D eigenvalue weighted by Crippen LogP contribution is 2.12. The molecule has 4 heteroatoms. The molecule has 0 aliphatic rings. The van der Waals surface area contributed by atoms with Crippen LogP contribution in [0.15, 0.2) is 36.9 Å². The van der Waals surface area contributed by atoms with Gasteiger partial charge in [-0.05, 0) is 36.6 Å². The Kier molecular flexibility index (Phi) is 6.81. The number of hydrogen-bond acceptors (Lipinski definition) is 3.